The minimum absolute atomic E-state index is 0.179. The molecule has 2 fully saturated rings. The molecule has 2 aliphatic rings. The number of carbonyl (C=O) groups excluding carboxylic acids is 1. The van der Waals surface area contributed by atoms with Gasteiger partial charge in [-0.3, -0.25) is 4.79 Å². The largest absolute Gasteiger partial charge is 0.333 e. The molecule has 2 saturated heterocycles. The first-order valence-electron chi connectivity index (χ1n) is 7.20. The number of halogens is 1. The van der Waals surface area contributed by atoms with Crippen LogP contribution in [0.1, 0.15) is 29.8 Å². The molecule has 1 N–H and O–H groups in total. The van der Waals surface area contributed by atoms with Crippen molar-refractivity contribution in [3.8, 4) is 0 Å². The second-order valence-corrected chi connectivity index (χ2v) is 6.58. The molecule has 2 atom stereocenters. The topological polar surface area (TPSA) is 32.3 Å². The van der Waals surface area contributed by atoms with E-state index < -0.39 is 5.82 Å². The first-order chi connectivity index (χ1) is 9.41. The van der Waals surface area contributed by atoms with Crippen molar-refractivity contribution in [1.29, 1.82) is 0 Å². The van der Waals surface area contributed by atoms with Crippen molar-refractivity contribution >= 4 is 5.91 Å². The third kappa shape index (κ3) is 1.94. The van der Waals surface area contributed by atoms with E-state index in [1.54, 1.807) is 12.1 Å². The van der Waals surface area contributed by atoms with E-state index in [2.05, 4.69) is 19.2 Å². The van der Waals surface area contributed by atoms with E-state index in [9.17, 15) is 9.18 Å². The second kappa shape index (κ2) is 4.55. The van der Waals surface area contributed by atoms with Gasteiger partial charge in [0.1, 0.15) is 5.82 Å². The number of likely N-dealkylation sites (tertiary alicyclic amines) is 1. The molecule has 0 radical (unpaired) electrons. The lowest BCUT2D eigenvalue weighted by molar-refractivity contribution is 0.0598. The molecule has 0 aromatic heterocycles. The zero-order valence-corrected chi connectivity index (χ0v) is 12.2. The molecule has 0 bridgehead atoms. The molecule has 2 unspecified atom stereocenters. The zero-order valence-electron chi connectivity index (χ0n) is 12.2. The van der Waals surface area contributed by atoms with Gasteiger partial charge in [0.05, 0.1) is 5.56 Å². The molecule has 4 heteroatoms. The smallest absolute Gasteiger partial charge is 0.257 e. The first kappa shape index (κ1) is 13.6. The van der Waals surface area contributed by atoms with Gasteiger partial charge >= 0.3 is 0 Å². The van der Waals surface area contributed by atoms with E-state index in [-0.39, 0.29) is 17.0 Å². The van der Waals surface area contributed by atoms with Crippen LogP contribution in [0, 0.1) is 24.6 Å². The van der Waals surface area contributed by atoms with Crippen LogP contribution in [0.15, 0.2) is 18.2 Å². The van der Waals surface area contributed by atoms with E-state index in [4.69, 9.17) is 0 Å². The fourth-order valence-corrected chi connectivity index (χ4v) is 3.71. The number of nitrogens with zero attached hydrogens (tertiary/aromatic N) is 1. The molecule has 108 valence electrons. The minimum Gasteiger partial charge on any atom is -0.333 e. The predicted octanol–water partition coefficient (Wildman–Crippen LogP) is 2.20. The summed E-state index contributed by atoms with van der Waals surface area (Å²) >= 11 is 0. The Bertz CT molecular complexity index is 555. The lowest BCUT2D eigenvalue weighted by Gasteiger charge is -2.35. The van der Waals surface area contributed by atoms with Gasteiger partial charge in [-0.15, -0.1) is 0 Å². The molecule has 0 aliphatic carbocycles. The van der Waals surface area contributed by atoms with Gasteiger partial charge in [-0.05, 0) is 50.3 Å². The number of rotatable bonds is 1. The summed E-state index contributed by atoms with van der Waals surface area (Å²) in [6, 6.07) is 4.83. The van der Waals surface area contributed by atoms with Crippen LogP contribution in [0.25, 0.3) is 0 Å². The molecular formula is C16H21FN2O. The van der Waals surface area contributed by atoms with Gasteiger partial charge in [-0.2, -0.15) is 0 Å². The summed E-state index contributed by atoms with van der Waals surface area (Å²) in [5.41, 5.74) is 0.806. The third-order valence-electron chi connectivity index (χ3n) is 4.96. The Hall–Kier alpha value is -1.42. The fourth-order valence-electron chi connectivity index (χ4n) is 3.71. The van der Waals surface area contributed by atoms with Crippen molar-refractivity contribution < 1.29 is 9.18 Å². The maximum atomic E-state index is 14.0. The SMILES string of the molecule is Cc1ccc(C(=O)N2CC3CNCC3C2(C)C)c(F)c1. The molecule has 1 amide bonds. The van der Waals surface area contributed by atoms with E-state index in [1.165, 1.54) is 6.07 Å². The van der Waals surface area contributed by atoms with Crippen LogP contribution >= 0.6 is 0 Å². The van der Waals surface area contributed by atoms with Gasteiger partial charge < -0.3 is 10.2 Å². The number of hydrogen-bond donors (Lipinski definition) is 1. The predicted molar refractivity (Wildman–Crippen MR) is 76.1 cm³/mol. The van der Waals surface area contributed by atoms with E-state index in [0.29, 0.717) is 11.8 Å². The molecular weight excluding hydrogens is 255 g/mol. The highest BCUT2D eigenvalue weighted by Gasteiger charge is 2.51. The molecule has 2 aliphatic heterocycles. The summed E-state index contributed by atoms with van der Waals surface area (Å²) in [5, 5.41) is 3.39. The number of fused-ring (bicyclic) bond motifs is 1. The summed E-state index contributed by atoms with van der Waals surface area (Å²) in [5.74, 6) is 0.352. The minimum atomic E-state index is -0.416. The van der Waals surface area contributed by atoms with Crippen molar-refractivity contribution in [2.75, 3.05) is 19.6 Å². The van der Waals surface area contributed by atoms with E-state index >= 15 is 0 Å². The van der Waals surface area contributed by atoms with Gasteiger partial charge in [-0.25, -0.2) is 4.39 Å². The number of amides is 1. The highest BCUT2D eigenvalue weighted by Crippen LogP contribution is 2.41. The van der Waals surface area contributed by atoms with Crippen LogP contribution in [0.4, 0.5) is 4.39 Å². The van der Waals surface area contributed by atoms with Gasteiger partial charge in [0.2, 0.25) is 0 Å². The Kier molecular flexibility index (Phi) is 3.09. The quantitative estimate of drug-likeness (QED) is 0.853. The molecule has 0 spiro atoms. The Morgan fingerprint density at radius 2 is 2.15 bits per heavy atom. The Morgan fingerprint density at radius 3 is 2.80 bits per heavy atom. The van der Waals surface area contributed by atoms with Crippen molar-refractivity contribution in [3.05, 3.63) is 35.1 Å². The van der Waals surface area contributed by atoms with Crippen LogP contribution in [0.2, 0.25) is 0 Å². The number of aryl methyl sites for hydroxylation is 1. The number of nitrogens with one attached hydrogen (secondary N) is 1. The molecule has 20 heavy (non-hydrogen) atoms. The maximum absolute atomic E-state index is 14.0. The van der Waals surface area contributed by atoms with Gasteiger partial charge in [0.15, 0.2) is 0 Å². The molecule has 1 aromatic rings. The summed E-state index contributed by atoms with van der Waals surface area (Å²) in [7, 11) is 0. The zero-order chi connectivity index (χ0) is 14.5. The van der Waals surface area contributed by atoms with Crippen LogP contribution in [0.5, 0.6) is 0 Å². The second-order valence-electron chi connectivity index (χ2n) is 6.58. The molecule has 2 heterocycles. The van der Waals surface area contributed by atoms with Crippen molar-refractivity contribution in [2.24, 2.45) is 11.8 Å². The number of hydrogen-bond acceptors (Lipinski definition) is 2. The number of carbonyl (C=O) groups is 1. The van der Waals surface area contributed by atoms with Gasteiger partial charge in [-0.1, -0.05) is 6.07 Å². The maximum Gasteiger partial charge on any atom is 0.257 e. The average molecular weight is 276 g/mol. The van der Waals surface area contributed by atoms with Crippen LogP contribution in [-0.2, 0) is 0 Å². The lowest BCUT2D eigenvalue weighted by atomic mass is 9.84. The van der Waals surface area contributed by atoms with Crippen molar-refractivity contribution in [1.82, 2.24) is 10.2 Å². The fraction of sp³-hybridized carbons (Fsp3) is 0.562. The van der Waals surface area contributed by atoms with Crippen LogP contribution < -0.4 is 5.32 Å². The monoisotopic (exact) mass is 276 g/mol. The summed E-state index contributed by atoms with van der Waals surface area (Å²) < 4.78 is 14.0. The average Bonchev–Trinajstić information content (AvgIpc) is 2.91. The van der Waals surface area contributed by atoms with Crippen LogP contribution in [-0.4, -0.2) is 36.0 Å². The summed E-state index contributed by atoms with van der Waals surface area (Å²) in [6.45, 7) is 8.62. The first-order valence-corrected chi connectivity index (χ1v) is 7.20. The normalized spacial score (nSPS) is 27.7. The lowest BCUT2D eigenvalue weighted by Crippen LogP contribution is -2.47. The van der Waals surface area contributed by atoms with Crippen LogP contribution in [0.3, 0.4) is 0 Å². The Labute approximate surface area is 119 Å². The van der Waals surface area contributed by atoms with E-state index in [0.717, 1.165) is 25.2 Å². The Balaban J connectivity index is 1.91. The Morgan fingerprint density at radius 1 is 1.40 bits per heavy atom. The highest BCUT2D eigenvalue weighted by molar-refractivity contribution is 5.95. The van der Waals surface area contributed by atoms with Gasteiger partial charge in [0, 0.05) is 25.2 Å². The molecule has 3 rings (SSSR count). The highest BCUT2D eigenvalue weighted by atomic mass is 19.1. The molecule has 3 nitrogen and oxygen atoms in total. The number of benzene rings is 1. The third-order valence-corrected chi connectivity index (χ3v) is 4.96. The standard InChI is InChI=1S/C16H21FN2O/c1-10-4-5-12(14(17)6-10)15(20)19-9-11-7-18-8-13(11)16(19,2)3/h4-6,11,13,18H,7-9H2,1-3H3. The van der Waals surface area contributed by atoms with Gasteiger partial charge in [0.25, 0.3) is 5.91 Å². The summed E-state index contributed by atoms with van der Waals surface area (Å²) in [6.07, 6.45) is 0. The molecule has 0 saturated carbocycles. The molecule has 1 aromatic carbocycles. The van der Waals surface area contributed by atoms with Crippen molar-refractivity contribution in [2.45, 2.75) is 26.3 Å². The van der Waals surface area contributed by atoms with Crippen molar-refractivity contribution in [3.63, 3.8) is 0 Å². The summed E-state index contributed by atoms with van der Waals surface area (Å²) in [4.78, 5) is 14.5. The van der Waals surface area contributed by atoms with E-state index in [1.807, 2.05) is 11.8 Å².